The van der Waals surface area contributed by atoms with Crippen LogP contribution in [-0.2, 0) is 0 Å². The van der Waals surface area contributed by atoms with E-state index in [1.165, 1.54) is 0 Å². The Morgan fingerprint density at radius 1 is 1.10 bits per heavy atom. The molecular weight excluding hydrogens is 288 g/mol. The zero-order chi connectivity index (χ0) is 13.7. The molecule has 1 aliphatic heterocycles. The van der Waals surface area contributed by atoms with Crippen LogP contribution in [0, 0.1) is 0 Å². The van der Waals surface area contributed by atoms with Gasteiger partial charge in [-0.3, -0.25) is 4.79 Å². The summed E-state index contributed by atoms with van der Waals surface area (Å²) in [5.41, 5.74) is 3.31. The monoisotopic (exact) mass is 298 g/mol. The van der Waals surface area contributed by atoms with Crippen LogP contribution in [0.3, 0.4) is 0 Å². The number of nitrogens with one attached hydrogen (secondary N) is 2. The van der Waals surface area contributed by atoms with Gasteiger partial charge in [0.2, 0.25) is 0 Å². The molecule has 2 aromatic rings. The highest BCUT2D eigenvalue weighted by atomic mass is 32.1. The van der Waals surface area contributed by atoms with E-state index in [4.69, 9.17) is 12.2 Å². The van der Waals surface area contributed by atoms with Gasteiger partial charge in [-0.15, -0.1) is 11.3 Å². The van der Waals surface area contributed by atoms with Gasteiger partial charge in [0.05, 0.1) is 17.3 Å². The summed E-state index contributed by atoms with van der Waals surface area (Å²) < 4.78 is 0. The molecule has 5 heteroatoms. The fourth-order valence-corrected chi connectivity index (χ4v) is 3.74. The molecule has 0 spiro atoms. The summed E-state index contributed by atoms with van der Waals surface area (Å²) in [6.45, 7) is 0. The molecule has 0 fully saturated rings. The second kappa shape index (κ2) is 4.26. The summed E-state index contributed by atoms with van der Waals surface area (Å²) >= 11 is 6.91. The molecule has 2 aliphatic rings. The Morgan fingerprint density at radius 2 is 1.90 bits per heavy atom. The standard InChI is InChI=1S/C15H10N2OS2/c18-14-9-5-2-1-4-8(9)12-11(14)13(17-15(19)16-12)10-6-3-7-20-10/h1-7,13H,(H2,16,17,19). The molecule has 0 radical (unpaired) electrons. The Kier molecular flexibility index (Phi) is 2.52. The summed E-state index contributed by atoms with van der Waals surface area (Å²) in [5, 5.41) is 8.92. The van der Waals surface area contributed by atoms with Crippen molar-refractivity contribution in [1.82, 2.24) is 10.6 Å². The van der Waals surface area contributed by atoms with Gasteiger partial charge < -0.3 is 10.6 Å². The van der Waals surface area contributed by atoms with Gasteiger partial charge in [0.1, 0.15) is 0 Å². The van der Waals surface area contributed by atoms with Crippen LogP contribution in [0.2, 0.25) is 0 Å². The minimum atomic E-state index is -0.154. The van der Waals surface area contributed by atoms with Crippen LogP contribution in [0.4, 0.5) is 0 Å². The zero-order valence-electron chi connectivity index (χ0n) is 10.3. The van der Waals surface area contributed by atoms with Gasteiger partial charge >= 0.3 is 0 Å². The van der Waals surface area contributed by atoms with E-state index in [2.05, 4.69) is 10.6 Å². The van der Waals surface area contributed by atoms with Crippen LogP contribution in [-0.4, -0.2) is 10.9 Å². The molecule has 1 aromatic heterocycles. The van der Waals surface area contributed by atoms with E-state index in [9.17, 15) is 4.79 Å². The fraction of sp³-hybridized carbons (Fsp3) is 0.0667. The lowest BCUT2D eigenvalue weighted by Crippen LogP contribution is -2.42. The molecule has 1 aromatic carbocycles. The minimum absolute atomic E-state index is 0.0801. The zero-order valence-corrected chi connectivity index (χ0v) is 12.0. The number of hydrogen-bond acceptors (Lipinski definition) is 3. The SMILES string of the molecule is O=C1C2=C(NC(=S)NC2c2cccs2)c2ccccc21. The molecule has 1 atom stereocenters. The van der Waals surface area contributed by atoms with Crippen LogP contribution >= 0.6 is 23.6 Å². The van der Waals surface area contributed by atoms with Crippen molar-refractivity contribution in [3.63, 3.8) is 0 Å². The fourth-order valence-electron chi connectivity index (χ4n) is 2.73. The second-order valence-corrected chi connectivity index (χ2v) is 6.10. The number of thiocarbonyl (C=S) groups is 1. The summed E-state index contributed by atoms with van der Waals surface area (Å²) in [6.07, 6.45) is 0. The van der Waals surface area contributed by atoms with Gasteiger partial charge in [-0.25, -0.2) is 0 Å². The second-order valence-electron chi connectivity index (χ2n) is 4.71. The van der Waals surface area contributed by atoms with Crippen molar-refractivity contribution in [3.05, 3.63) is 63.4 Å². The third-order valence-corrected chi connectivity index (χ3v) is 4.74. The van der Waals surface area contributed by atoms with Gasteiger partial charge in [-0.2, -0.15) is 0 Å². The third kappa shape index (κ3) is 1.57. The number of benzene rings is 1. The Bertz CT molecular complexity index is 762. The van der Waals surface area contributed by atoms with E-state index < -0.39 is 0 Å². The molecule has 0 bridgehead atoms. The molecule has 4 rings (SSSR count). The van der Waals surface area contributed by atoms with Gasteiger partial charge in [0, 0.05) is 16.0 Å². The highest BCUT2D eigenvalue weighted by Crippen LogP contribution is 2.40. The van der Waals surface area contributed by atoms with E-state index in [1.54, 1.807) is 11.3 Å². The van der Waals surface area contributed by atoms with Gasteiger partial charge in [0.25, 0.3) is 0 Å². The maximum Gasteiger partial charge on any atom is 0.194 e. The molecule has 3 nitrogen and oxygen atoms in total. The first kappa shape index (κ1) is 11.8. The number of carbonyl (C=O) groups is 1. The van der Waals surface area contributed by atoms with Crippen LogP contribution in [0.5, 0.6) is 0 Å². The average molecular weight is 298 g/mol. The van der Waals surface area contributed by atoms with Crippen molar-refractivity contribution in [2.75, 3.05) is 0 Å². The molecule has 2 heterocycles. The number of hydrogen-bond donors (Lipinski definition) is 2. The number of thiophene rings is 1. The molecule has 0 saturated carbocycles. The number of Topliss-reactive ketones (excluding diaryl/α,β-unsaturated/α-hetero) is 1. The Morgan fingerprint density at radius 3 is 2.65 bits per heavy atom. The molecule has 0 saturated heterocycles. The topological polar surface area (TPSA) is 41.1 Å². The first-order valence-corrected chi connectivity index (χ1v) is 7.53. The molecular formula is C15H10N2OS2. The normalized spacial score (nSPS) is 20.3. The highest BCUT2D eigenvalue weighted by molar-refractivity contribution is 7.80. The molecule has 20 heavy (non-hydrogen) atoms. The van der Waals surface area contributed by atoms with Gasteiger partial charge in [-0.05, 0) is 23.7 Å². The molecule has 98 valence electrons. The minimum Gasteiger partial charge on any atom is -0.350 e. The molecule has 1 unspecified atom stereocenters. The van der Waals surface area contributed by atoms with Crippen LogP contribution in [0.25, 0.3) is 5.70 Å². The van der Waals surface area contributed by atoms with Gasteiger partial charge in [0.15, 0.2) is 10.9 Å². The van der Waals surface area contributed by atoms with E-state index in [0.29, 0.717) is 5.11 Å². The average Bonchev–Trinajstić information content (AvgIpc) is 3.07. The van der Waals surface area contributed by atoms with E-state index in [1.807, 2.05) is 41.8 Å². The van der Waals surface area contributed by atoms with Crippen molar-refractivity contribution in [3.8, 4) is 0 Å². The summed E-state index contributed by atoms with van der Waals surface area (Å²) in [7, 11) is 0. The number of fused-ring (bicyclic) bond motifs is 2. The highest BCUT2D eigenvalue weighted by Gasteiger charge is 2.38. The predicted molar refractivity (Wildman–Crippen MR) is 83.6 cm³/mol. The van der Waals surface area contributed by atoms with Crippen molar-refractivity contribution < 1.29 is 4.79 Å². The number of rotatable bonds is 1. The lowest BCUT2D eigenvalue weighted by atomic mass is 10.00. The van der Waals surface area contributed by atoms with Crippen molar-refractivity contribution in [1.29, 1.82) is 0 Å². The van der Waals surface area contributed by atoms with Crippen molar-refractivity contribution >= 4 is 40.1 Å². The Labute approximate surface area is 125 Å². The van der Waals surface area contributed by atoms with Crippen molar-refractivity contribution in [2.45, 2.75) is 6.04 Å². The summed E-state index contributed by atoms with van der Waals surface area (Å²) in [5.74, 6) is 0.0801. The largest absolute Gasteiger partial charge is 0.350 e. The molecule has 0 amide bonds. The lowest BCUT2D eigenvalue weighted by Gasteiger charge is -2.27. The Hall–Kier alpha value is -1.98. The third-order valence-electron chi connectivity index (χ3n) is 3.59. The van der Waals surface area contributed by atoms with Gasteiger partial charge in [-0.1, -0.05) is 30.3 Å². The molecule has 2 N–H and O–H groups in total. The lowest BCUT2D eigenvalue weighted by molar-refractivity contribution is 0.103. The first-order valence-electron chi connectivity index (χ1n) is 6.25. The quantitative estimate of drug-likeness (QED) is 0.794. The smallest absolute Gasteiger partial charge is 0.194 e. The van der Waals surface area contributed by atoms with E-state index in [-0.39, 0.29) is 11.8 Å². The number of ketones is 1. The van der Waals surface area contributed by atoms with Crippen LogP contribution < -0.4 is 10.6 Å². The predicted octanol–water partition coefficient (Wildman–Crippen LogP) is 2.87. The maximum absolute atomic E-state index is 12.7. The maximum atomic E-state index is 12.7. The summed E-state index contributed by atoms with van der Waals surface area (Å²) in [4.78, 5) is 13.8. The Balaban J connectivity index is 1.92. The van der Waals surface area contributed by atoms with Crippen molar-refractivity contribution in [2.24, 2.45) is 0 Å². The summed E-state index contributed by atoms with van der Waals surface area (Å²) in [6, 6.07) is 11.5. The van der Waals surface area contributed by atoms with E-state index >= 15 is 0 Å². The van der Waals surface area contributed by atoms with Crippen LogP contribution in [0.1, 0.15) is 26.8 Å². The van der Waals surface area contributed by atoms with E-state index in [0.717, 1.165) is 27.3 Å². The van der Waals surface area contributed by atoms with Crippen LogP contribution in [0.15, 0.2) is 47.4 Å². The number of carbonyl (C=O) groups excluding carboxylic acids is 1. The molecule has 1 aliphatic carbocycles. The first-order chi connectivity index (χ1) is 9.75.